The van der Waals surface area contributed by atoms with E-state index in [2.05, 4.69) is 10.6 Å². The van der Waals surface area contributed by atoms with Crippen LogP contribution in [0.25, 0.3) is 0 Å². The van der Waals surface area contributed by atoms with Crippen molar-refractivity contribution in [1.29, 1.82) is 0 Å². The van der Waals surface area contributed by atoms with Crippen molar-refractivity contribution in [3.8, 4) is 0 Å². The van der Waals surface area contributed by atoms with Crippen LogP contribution in [0.4, 0.5) is 0 Å². The Morgan fingerprint density at radius 1 is 0.173 bits per heavy atom. The number of hydrogen-bond acceptors (Lipinski definition) is 66. The number of amides is 2. The zero-order valence-electron chi connectivity index (χ0n) is 79.2. The average molecular weight is 2210 g/mol. The molecule has 0 saturated carbocycles. The SMILES string of the molecule is CC(=O)N[C@@H]1[C@@H](O)[C@H](O[C@@H]2O[C@H](CO)[C@@H](O[C@@H]3O[C@H](CO[C@H]4O[C@H](CO[C@H]5O[C@H](CO)[C@@H](O)[C@H](O)[C@@H]5O[C@H]5O[C@H](CO)[C@@H](O)[C@H](O)[C@@H]5O)[C@@H](O)[C@H](O[C@H]5O[C@H](CO)[C@@H](O)[C@H](O)[C@@H]5O[C@H]5O[C@H](CO)[C@@H](O)[C@H](O)[C@@H]5O)[C@@H]4O)[C@@H](O)[C@H](O[C@H]4O[C@H](CO)[C@@H](O)[C@H](O)[C@@H]4O[C@H]4O[C@H](CO)[C@@H](O)[C@H](O)[C@@H]4O[C@H]4O[C@H](CO)[C@@H](O)[C@H](O[C@H]5O[C@H](CO)[C@@H](O)[C@H](O[C@H]6O[C@H](CO)[C@@H](O)[C@H](O)[C@H]6O)[C@H]5O)[C@@H]4O)[C@@H]3O)[C@H](O)[C@H]2NC(C)=O)[C@@H](CO)O[C@H]1O. The standard InChI is InChI=1S/C82H138N2O66/c1-16(96)83-31-44(109)60(27(12-94)128-70(31)125)141-71-32(84-17(2)97)45(110)61(28(13-95)138-71)142-78-59(124)65(146-81-69(52(117)39(104)23(8-90)136-81)150-82-68(51(116)38(103)24(9-91)137-82)149-77-58(123)63(41(106)26(11-93)133-77)144-76-57(122)62(40(105)25(10-92)132-76)143-73-53(118)46(111)33(98)18(3-85)129-73)43(108)30(140-78)14-126-72-56(121)64(145-80-67(50(115)37(102)22(7-89)135-80)148-75-55(120)48(113)35(100)20(5-87)131-75)42(107)29(139-72)15-127-79-66(49(114)36(101)21(6-88)134-79)147-74-54(119)47(112)34(99)19(4-86)130-74/h18-82,85-95,98-125H,3-15H2,1-2H3,(H,83,96)(H,84,97)/t18-,19-,20-,21-,22-,23-,24-,25-,26-,27-,28-,29-,30-,31-,32-,33-,34-,35-,36-,37-,38-,39-,40-,41-,42-,43-,44-,45-,46+,47+,48+,49+,50+,51+,52+,53-,54+,55+,56+,57-,58+,59+,60-,61-,62+,63+,64+,65+,66+,67+,68+,69+,70-,71+,72+,73-,74-,75-,76-,77-,78+,79+,80-,81-,82-/m1/s1. The maximum atomic E-state index is 13.3. The average Bonchev–Trinajstić information content (AvgIpc) is 0.765. The Morgan fingerprint density at radius 2 is 0.367 bits per heavy atom. The second kappa shape index (κ2) is 53.8. The summed E-state index contributed by atoms with van der Waals surface area (Å²) in [6.07, 6.45) is -143. The van der Waals surface area contributed by atoms with Crippen LogP contribution in [-0.4, -0.2) is 696 Å². The van der Waals surface area contributed by atoms with Gasteiger partial charge in [-0.3, -0.25) is 9.59 Å². The molecule has 0 bridgehead atoms. The van der Waals surface area contributed by atoms with E-state index in [1.165, 1.54) is 0 Å². The fourth-order valence-corrected chi connectivity index (χ4v) is 19.4. The molecule has 13 rings (SSSR count). The molecule has 2 amide bonds. The van der Waals surface area contributed by atoms with E-state index < -0.39 is 497 Å². The van der Waals surface area contributed by atoms with E-state index in [4.69, 9.17) is 118 Å². The Bertz CT molecular complexity index is 4070. The number of aliphatic hydroxyl groups is 39. The van der Waals surface area contributed by atoms with Crippen LogP contribution in [0.2, 0.25) is 0 Å². The third-order valence-corrected chi connectivity index (χ3v) is 28.0. The number of carbonyl (C=O) groups is 2. The lowest BCUT2D eigenvalue weighted by Crippen LogP contribution is -2.70. The summed E-state index contributed by atoms with van der Waals surface area (Å²) in [5, 5.41) is 444. The summed E-state index contributed by atoms with van der Waals surface area (Å²) >= 11 is 0. The number of ether oxygens (including phenoxy) is 25. The highest BCUT2D eigenvalue weighted by Crippen LogP contribution is 2.44. The first-order valence-electron chi connectivity index (χ1n) is 47.7. The van der Waals surface area contributed by atoms with Gasteiger partial charge in [-0.05, 0) is 0 Å². The van der Waals surface area contributed by atoms with E-state index in [0.717, 1.165) is 13.8 Å². The van der Waals surface area contributed by atoms with Gasteiger partial charge in [-0.15, -0.1) is 0 Å². The molecule has 13 aliphatic rings. The minimum atomic E-state index is -2.79. The van der Waals surface area contributed by atoms with E-state index in [1.54, 1.807) is 0 Å². The van der Waals surface area contributed by atoms with Crippen molar-refractivity contribution < 1.29 is 327 Å². The lowest BCUT2D eigenvalue weighted by Gasteiger charge is -2.51. The van der Waals surface area contributed by atoms with E-state index in [9.17, 15) is 209 Å². The Balaban J connectivity index is 0.846. The third-order valence-electron chi connectivity index (χ3n) is 28.0. The van der Waals surface area contributed by atoms with Crippen LogP contribution in [0.15, 0.2) is 0 Å². The van der Waals surface area contributed by atoms with Crippen LogP contribution >= 0.6 is 0 Å². The number of rotatable bonds is 39. The summed E-state index contributed by atoms with van der Waals surface area (Å²) in [4.78, 5) is 25.6. The molecule has 0 aromatic heterocycles. The molecule has 0 aliphatic carbocycles. The van der Waals surface area contributed by atoms with E-state index >= 15 is 0 Å². The maximum absolute atomic E-state index is 13.3. The smallest absolute Gasteiger partial charge is 0.217 e. The van der Waals surface area contributed by atoms with Crippen molar-refractivity contribution >= 4 is 11.8 Å². The second-order valence-corrected chi connectivity index (χ2v) is 38.0. The molecule has 13 saturated heterocycles. The van der Waals surface area contributed by atoms with Crippen LogP contribution in [0.1, 0.15) is 13.8 Å². The highest BCUT2D eigenvalue weighted by atomic mass is 16.8. The van der Waals surface area contributed by atoms with Gasteiger partial charge in [0.2, 0.25) is 11.8 Å². The molecule has 68 heteroatoms. The zero-order chi connectivity index (χ0) is 110. The summed E-state index contributed by atoms with van der Waals surface area (Å²) in [5.41, 5.74) is 0. The van der Waals surface area contributed by atoms with Crippen molar-refractivity contribution in [3.05, 3.63) is 0 Å². The van der Waals surface area contributed by atoms with Crippen LogP contribution in [0.3, 0.4) is 0 Å². The number of aliphatic hydroxyl groups excluding tert-OH is 39. The van der Waals surface area contributed by atoms with Gasteiger partial charge >= 0.3 is 0 Å². The van der Waals surface area contributed by atoms with Crippen molar-refractivity contribution in [2.75, 3.05) is 85.9 Å². The van der Waals surface area contributed by atoms with Gasteiger partial charge in [-0.2, -0.15) is 0 Å². The van der Waals surface area contributed by atoms with Crippen LogP contribution in [-0.2, 0) is 128 Å². The van der Waals surface area contributed by atoms with Crippen molar-refractivity contribution in [2.45, 2.75) is 413 Å². The molecule has 13 fully saturated rings. The van der Waals surface area contributed by atoms with Crippen LogP contribution in [0, 0.1) is 0 Å². The first-order chi connectivity index (χ1) is 71.1. The lowest BCUT2D eigenvalue weighted by molar-refractivity contribution is -0.412. The Kier molecular flexibility index (Phi) is 44.2. The Morgan fingerprint density at radius 3 is 0.680 bits per heavy atom. The fraction of sp³-hybridized carbons (Fsp3) is 0.976. The predicted octanol–water partition coefficient (Wildman–Crippen LogP) is -29.0. The maximum Gasteiger partial charge on any atom is 0.217 e. The molecule has 13 heterocycles. The quantitative estimate of drug-likeness (QED) is 0.0272. The molecule has 0 aromatic carbocycles. The van der Waals surface area contributed by atoms with Crippen LogP contribution in [0.5, 0.6) is 0 Å². The number of nitrogens with one attached hydrogen (secondary N) is 2. The molecular formula is C82H138N2O66. The molecule has 0 radical (unpaired) electrons. The molecule has 0 spiro atoms. The van der Waals surface area contributed by atoms with Crippen molar-refractivity contribution in [3.63, 3.8) is 0 Å². The molecule has 0 unspecified atom stereocenters. The Hall–Kier alpha value is -3.62. The Labute approximate surface area is 845 Å². The first kappa shape index (κ1) is 123. The van der Waals surface area contributed by atoms with Gasteiger partial charge < -0.3 is 328 Å². The molecule has 41 N–H and O–H groups in total. The monoisotopic (exact) mass is 2210 g/mol. The van der Waals surface area contributed by atoms with E-state index in [0.29, 0.717) is 0 Å². The molecule has 872 valence electrons. The summed E-state index contributed by atoms with van der Waals surface area (Å²) < 4.78 is 147. The van der Waals surface area contributed by atoms with E-state index in [1.807, 2.05) is 0 Å². The molecule has 68 nitrogen and oxygen atoms in total. The first-order valence-corrected chi connectivity index (χ1v) is 47.7. The molecule has 13 aliphatic heterocycles. The van der Waals surface area contributed by atoms with Gasteiger partial charge in [0.25, 0.3) is 0 Å². The van der Waals surface area contributed by atoms with Crippen molar-refractivity contribution in [2.24, 2.45) is 0 Å². The lowest BCUT2D eigenvalue weighted by atomic mass is 9.94. The van der Waals surface area contributed by atoms with Gasteiger partial charge in [0.15, 0.2) is 81.8 Å². The normalized spacial score (nSPS) is 52.1. The number of hydrogen-bond donors (Lipinski definition) is 41. The zero-order valence-corrected chi connectivity index (χ0v) is 79.2. The summed E-state index contributed by atoms with van der Waals surface area (Å²) in [6.45, 7) is -13.9. The van der Waals surface area contributed by atoms with Crippen molar-refractivity contribution in [1.82, 2.24) is 10.6 Å². The van der Waals surface area contributed by atoms with Gasteiger partial charge in [0.05, 0.1) is 85.9 Å². The van der Waals surface area contributed by atoms with Crippen LogP contribution < -0.4 is 10.6 Å². The molecular weight excluding hydrogens is 2070 g/mol. The molecule has 65 atom stereocenters. The van der Waals surface area contributed by atoms with Gasteiger partial charge in [0, 0.05) is 13.8 Å². The minimum Gasteiger partial charge on any atom is -0.394 e. The minimum absolute atomic E-state index is 0.853. The molecule has 0 aromatic rings. The largest absolute Gasteiger partial charge is 0.394 e. The summed E-state index contributed by atoms with van der Waals surface area (Å²) in [5.74, 6) is -1.89. The third kappa shape index (κ3) is 26.2. The summed E-state index contributed by atoms with van der Waals surface area (Å²) in [6, 6.07) is -3.81. The second-order valence-electron chi connectivity index (χ2n) is 38.0. The fourth-order valence-electron chi connectivity index (χ4n) is 19.4. The molecule has 150 heavy (non-hydrogen) atoms. The van der Waals surface area contributed by atoms with Gasteiger partial charge in [-0.25, -0.2) is 0 Å². The highest BCUT2D eigenvalue weighted by Gasteiger charge is 2.64. The highest BCUT2D eigenvalue weighted by molar-refractivity contribution is 5.73. The van der Waals surface area contributed by atoms with Gasteiger partial charge in [-0.1, -0.05) is 0 Å². The number of carbonyl (C=O) groups excluding carboxylic acids is 2. The summed E-state index contributed by atoms with van der Waals surface area (Å²) in [7, 11) is 0. The predicted molar refractivity (Wildman–Crippen MR) is 451 cm³/mol. The van der Waals surface area contributed by atoms with E-state index in [-0.39, 0.29) is 0 Å². The topological polar surface area (TPSA) is 1080 Å². The van der Waals surface area contributed by atoms with Gasteiger partial charge in [0.1, 0.15) is 317 Å².